The Morgan fingerprint density at radius 3 is 2.50 bits per heavy atom. The number of hydrogen-bond donors (Lipinski definition) is 2. The molecule has 0 aliphatic carbocycles. The first-order valence-corrected chi connectivity index (χ1v) is 7.26. The molecule has 0 bridgehead atoms. The molecule has 1 heterocycles. The summed E-state index contributed by atoms with van der Waals surface area (Å²) < 4.78 is 25.7. The number of sulfonamides is 1. The Hall–Kier alpha value is -0.960. The minimum absolute atomic E-state index is 0.0338. The summed E-state index contributed by atoms with van der Waals surface area (Å²) in [4.78, 5) is 10.7. The summed E-state index contributed by atoms with van der Waals surface area (Å²) in [7, 11) is -3.76. The van der Waals surface area contributed by atoms with Gasteiger partial charge in [0.2, 0.25) is 10.0 Å². The molecule has 18 heavy (non-hydrogen) atoms. The minimum Gasteiger partial charge on any atom is -0.478 e. The third-order valence-corrected chi connectivity index (χ3v) is 5.45. The Kier molecular flexibility index (Phi) is 3.45. The van der Waals surface area contributed by atoms with Crippen molar-refractivity contribution in [3.8, 4) is 0 Å². The number of aliphatic hydroxyl groups is 1. The second-order valence-electron chi connectivity index (χ2n) is 3.93. The van der Waals surface area contributed by atoms with Gasteiger partial charge in [-0.2, -0.15) is 4.31 Å². The van der Waals surface area contributed by atoms with Crippen LogP contribution in [0.1, 0.15) is 10.4 Å². The summed E-state index contributed by atoms with van der Waals surface area (Å²) in [6.45, 7) is 0.0676. The number of β-amino-alcohol motifs (C(OH)–C–C–N with tert-alkyl or cyclic N) is 1. The van der Waals surface area contributed by atoms with Gasteiger partial charge in [-0.3, -0.25) is 0 Å². The van der Waals surface area contributed by atoms with E-state index in [-0.39, 0.29) is 23.5 Å². The van der Waals surface area contributed by atoms with Crippen molar-refractivity contribution < 1.29 is 23.4 Å². The largest absolute Gasteiger partial charge is 0.478 e. The summed E-state index contributed by atoms with van der Waals surface area (Å²) in [5, 5.41) is 18.0. The van der Waals surface area contributed by atoms with E-state index in [2.05, 4.69) is 15.9 Å². The van der Waals surface area contributed by atoms with Crippen LogP contribution in [0.4, 0.5) is 0 Å². The van der Waals surface area contributed by atoms with Crippen molar-refractivity contribution in [3.05, 3.63) is 28.2 Å². The van der Waals surface area contributed by atoms with Crippen molar-refractivity contribution in [2.24, 2.45) is 0 Å². The lowest BCUT2D eigenvalue weighted by Crippen LogP contribution is -2.53. The van der Waals surface area contributed by atoms with E-state index in [9.17, 15) is 13.2 Å². The molecule has 0 aromatic heterocycles. The van der Waals surface area contributed by atoms with Crippen LogP contribution in [0.3, 0.4) is 0 Å². The van der Waals surface area contributed by atoms with Gasteiger partial charge in [0.05, 0.1) is 16.6 Å². The van der Waals surface area contributed by atoms with Crippen molar-refractivity contribution in [1.29, 1.82) is 0 Å². The monoisotopic (exact) mass is 335 g/mol. The van der Waals surface area contributed by atoms with Crippen LogP contribution in [0.25, 0.3) is 0 Å². The van der Waals surface area contributed by atoms with E-state index in [0.717, 1.165) is 10.4 Å². The third kappa shape index (κ3) is 2.28. The highest BCUT2D eigenvalue weighted by Crippen LogP contribution is 2.28. The van der Waals surface area contributed by atoms with Gasteiger partial charge in [-0.05, 0) is 34.1 Å². The number of halogens is 1. The van der Waals surface area contributed by atoms with E-state index < -0.39 is 22.1 Å². The Morgan fingerprint density at radius 2 is 2.00 bits per heavy atom. The van der Waals surface area contributed by atoms with Crippen LogP contribution in [-0.4, -0.2) is 48.1 Å². The predicted octanol–water partition coefficient (Wildman–Crippen LogP) is 0.513. The van der Waals surface area contributed by atoms with Crippen LogP contribution in [0.5, 0.6) is 0 Å². The minimum atomic E-state index is -3.76. The van der Waals surface area contributed by atoms with Crippen molar-refractivity contribution in [2.45, 2.75) is 11.0 Å². The summed E-state index contributed by atoms with van der Waals surface area (Å²) in [6, 6.07) is 3.80. The molecule has 98 valence electrons. The zero-order valence-corrected chi connectivity index (χ0v) is 11.5. The molecule has 8 heteroatoms. The van der Waals surface area contributed by atoms with Crippen molar-refractivity contribution in [3.63, 3.8) is 0 Å². The lowest BCUT2D eigenvalue weighted by Gasteiger charge is -2.34. The normalized spacial score (nSPS) is 17.4. The van der Waals surface area contributed by atoms with Crippen LogP contribution in [0, 0.1) is 0 Å². The number of aromatic carboxylic acids is 1. The van der Waals surface area contributed by atoms with Gasteiger partial charge >= 0.3 is 5.97 Å². The lowest BCUT2D eigenvalue weighted by atomic mass is 10.2. The van der Waals surface area contributed by atoms with E-state index >= 15 is 0 Å². The maximum Gasteiger partial charge on any atom is 0.335 e. The van der Waals surface area contributed by atoms with Crippen LogP contribution in [0.2, 0.25) is 0 Å². The molecule has 0 spiro atoms. The summed E-state index contributed by atoms with van der Waals surface area (Å²) in [6.07, 6.45) is -0.652. The maximum atomic E-state index is 12.1. The summed E-state index contributed by atoms with van der Waals surface area (Å²) in [5.74, 6) is -1.19. The molecule has 1 aromatic carbocycles. The van der Waals surface area contributed by atoms with E-state index in [1.165, 1.54) is 12.1 Å². The molecular formula is C10H10BrNO5S. The van der Waals surface area contributed by atoms with Gasteiger partial charge in [-0.1, -0.05) is 0 Å². The van der Waals surface area contributed by atoms with Crippen molar-refractivity contribution in [1.82, 2.24) is 4.31 Å². The van der Waals surface area contributed by atoms with Gasteiger partial charge in [0.25, 0.3) is 0 Å². The predicted molar refractivity (Wildman–Crippen MR) is 65.9 cm³/mol. The van der Waals surface area contributed by atoms with Gasteiger partial charge in [0.1, 0.15) is 0 Å². The average Bonchev–Trinajstić information content (AvgIpc) is 2.24. The number of benzene rings is 1. The van der Waals surface area contributed by atoms with Crippen LogP contribution in [0.15, 0.2) is 27.6 Å². The van der Waals surface area contributed by atoms with Crippen molar-refractivity contribution in [2.75, 3.05) is 13.1 Å². The van der Waals surface area contributed by atoms with Gasteiger partial charge in [-0.15, -0.1) is 0 Å². The first kappa shape index (κ1) is 13.5. The third-order valence-electron chi connectivity index (χ3n) is 2.62. The number of aliphatic hydroxyl groups excluding tert-OH is 1. The van der Waals surface area contributed by atoms with E-state index in [0.29, 0.717) is 4.47 Å². The highest BCUT2D eigenvalue weighted by Gasteiger charge is 2.36. The van der Waals surface area contributed by atoms with Crippen LogP contribution >= 0.6 is 15.9 Å². The Balaban J connectivity index is 2.44. The number of carboxylic acids is 1. The first-order chi connectivity index (χ1) is 8.32. The van der Waals surface area contributed by atoms with Crippen LogP contribution in [-0.2, 0) is 10.0 Å². The van der Waals surface area contributed by atoms with Crippen LogP contribution < -0.4 is 0 Å². The molecule has 1 aliphatic rings. The molecule has 2 rings (SSSR count). The van der Waals surface area contributed by atoms with E-state index in [1.807, 2.05) is 0 Å². The first-order valence-electron chi connectivity index (χ1n) is 5.03. The molecule has 2 N–H and O–H groups in total. The quantitative estimate of drug-likeness (QED) is 0.839. The zero-order chi connectivity index (χ0) is 13.5. The molecule has 1 saturated heterocycles. The molecular weight excluding hydrogens is 326 g/mol. The number of rotatable bonds is 3. The molecule has 1 aromatic rings. The highest BCUT2D eigenvalue weighted by molar-refractivity contribution is 9.10. The fourth-order valence-corrected chi connectivity index (χ4v) is 4.05. The zero-order valence-electron chi connectivity index (χ0n) is 9.08. The Morgan fingerprint density at radius 1 is 1.39 bits per heavy atom. The molecule has 1 fully saturated rings. The highest BCUT2D eigenvalue weighted by atomic mass is 79.9. The second-order valence-corrected chi connectivity index (χ2v) is 6.69. The molecule has 0 unspecified atom stereocenters. The molecule has 6 nitrogen and oxygen atoms in total. The molecule has 0 saturated carbocycles. The Labute approximate surface area is 112 Å². The topological polar surface area (TPSA) is 94.9 Å². The van der Waals surface area contributed by atoms with E-state index in [1.54, 1.807) is 0 Å². The molecule has 0 amide bonds. The van der Waals surface area contributed by atoms with Gasteiger partial charge in [0, 0.05) is 17.6 Å². The Bertz CT molecular complexity index is 594. The number of hydrogen-bond acceptors (Lipinski definition) is 4. The summed E-state index contributed by atoms with van der Waals surface area (Å²) >= 11 is 3.09. The lowest BCUT2D eigenvalue weighted by molar-refractivity contribution is 0.0547. The van der Waals surface area contributed by atoms with E-state index in [4.69, 9.17) is 10.2 Å². The molecule has 1 aliphatic heterocycles. The number of carboxylic acid groups (broad SMARTS) is 1. The van der Waals surface area contributed by atoms with Gasteiger partial charge in [-0.25, -0.2) is 13.2 Å². The van der Waals surface area contributed by atoms with Gasteiger partial charge in [0.15, 0.2) is 0 Å². The standard InChI is InChI=1S/C10H10BrNO5S/c11-8-2-1-6(10(14)15)3-9(8)18(16,17)12-4-7(13)5-12/h1-3,7,13H,4-5H2,(H,14,15). The SMILES string of the molecule is O=C(O)c1ccc(Br)c(S(=O)(=O)N2CC(O)C2)c1. The van der Waals surface area contributed by atoms with Gasteiger partial charge < -0.3 is 10.2 Å². The summed E-state index contributed by atoms with van der Waals surface area (Å²) in [5.41, 5.74) is -0.0992. The number of carbonyl (C=O) groups is 1. The van der Waals surface area contributed by atoms with Crippen molar-refractivity contribution >= 4 is 31.9 Å². The fourth-order valence-electron chi connectivity index (χ4n) is 1.59. The number of nitrogens with zero attached hydrogens (tertiary/aromatic N) is 1. The average molecular weight is 336 g/mol. The fraction of sp³-hybridized carbons (Fsp3) is 0.300. The molecule has 0 radical (unpaired) electrons. The maximum absolute atomic E-state index is 12.1. The second kappa shape index (κ2) is 4.61. The smallest absolute Gasteiger partial charge is 0.335 e. The molecule has 0 atom stereocenters.